The van der Waals surface area contributed by atoms with Crippen LogP contribution < -0.4 is 18.9 Å². The molecule has 1 N–H and O–H groups in total. The second kappa shape index (κ2) is 8.36. The molecular weight excluding hydrogens is 390 g/mol. The number of likely N-dealkylation sites (N-methyl/N-ethyl adjacent to an activating group) is 1. The summed E-state index contributed by atoms with van der Waals surface area (Å²) in [6, 6.07) is 8.93. The zero-order valence-electron chi connectivity index (χ0n) is 17.4. The Morgan fingerprint density at radius 1 is 0.867 bits per heavy atom. The van der Waals surface area contributed by atoms with Crippen LogP contribution in [0.15, 0.2) is 42.0 Å². The van der Waals surface area contributed by atoms with Gasteiger partial charge in [-0.2, -0.15) is 0 Å². The van der Waals surface area contributed by atoms with Gasteiger partial charge in [-0.1, -0.05) is 0 Å². The highest BCUT2D eigenvalue weighted by atomic mass is 16.5. The van der Waals surface area contributed by atoms with Crippen molar-refractivity contribution in [3.8, 4) is 23.0 Å². The molecule has 0 radical (unpaired) electrons. The zero-order valence-corrected chi connectivity index (χ0v) is 17.4. The van der Waals surface area contributed by atoms with Crippen molar-refractivity contribution in [2.24, 2.45) is 0 Å². The van der Waals surface area contributed by atoms with Gasteiger partial charge in [-0.05, 0) is 36.4 Å². The molecule has 2 aromatic carbocycles. The van der Waals surface area contributed by atoms with E-state index in [9.17, 15) is 14.7 Å². The Kier molecular flexibility index (Phi) is 5.86. The van der Waals surface area contributed by atoms with Gasteiger partial charge >= 0.3 is 0 Å². The van der Waals surface area contributed by atoms with Gasteiger partial charge in [0.25, 0.3) is 11.7 Å². The van der Waals surface area contributed by atoms with Crippen molar-refractivity contribution in [2.45, 2.75) is 6.04 Å². The van der Waals surface area contributed by atoms with Crippen LogP contribution in [0.4, 0.5) is 0 Å². The monoisotopic (exact) mass is 413 g/mol. The molecule has 0 saturated carbocycles. The average Bonchev–Trinajstić information content (AvgIpc) is 3.01. The van der Waals surface area contributed by atoms with Crippen LogP contribution in [0.3, 0.4) is 0 Å². The number of aliphatic hydroxyl groups excluding tert-OH is 1. The van der Waals surface area contributed by atoms with Crippen molar-refractivity contribution in [3.63, 3.8) is 0 Å². The van der Waals surface area contributed by atoms with Crippen LogP contribution in [-0.2, 0) is 9.59 Å². The van der Waals surface area contributed by atoms with E-state index in [0.29, 0.717) is 34.1 Å². The number of carbonyl (C=O) groups excluding carboxylic acids is 2. The Bertz CT molecular complexity index is 1030. The Hall–Kier alpha value is -3.68. The number of likely N-dealkylation sites (tertiary alicyclic amines) is 1. The van der Waals surface area contributed by atoms with E-state index >= 15 is 0 Å². The topological polar surface area (TPSA) is 94.5 Å². The standard InChI is InChI=1S/C22H23NO7/c1-23-19(14-11-13(27-2)7-9-15(14)28-3)18(21(25)22(23)26)20(24)12-6-8-16(29-4)17(10-12)30-5/h6-11,19,24H,1-5H3/b20-18-. The van der Waals surface area contributed by atoms with Crippen molar-refractivity contribution >= 4 is 17.4 Å². The molecule has 1 saturated heterocycles. The van der Waals surface area contributed by atoms with Gasteiger partial charge in [0.05, 0.1) is 40.1 Å². The number of carbonyl (C=O) groups is 2. The fraction of sp³-hybridized carbons (Fsp3) is 0.273. The highest BCUT2D eigenvalue weighted by Crippen LogP contribution is 2.43. The molecule has 0 aromatic heterocycles. The minimum atomic E-state index is -0.858. The smallest absolute Gasteiger partial charge is 0.295 e. The van der Waals surface area contributed by atoms with Crippen LogP contribution >= 0.6 is 0 Å². The van der Waals surface area contributed by atoms with Crippen LogP contribution in [-0.4, -0.2) is 57.2 Å². The number of amides is 1. The van der Waals surface area contributed by atoms with E-state index in [0.717, 1.165) is 0 Å². The third kappa shape index (κ3) is 3.41. The predicted molar refractivity (Wildman–Crippen MR) is 109 cm³/mol. The van der Waals surface area contributed by atoms with E-state index in [1.165, 1.54) is 46.5 Å². The molecule has 1 fully saturated rings. The summed E-state index contributed by atoms with van der Waals surface area (Å²) in [4.78, 5) is 26.6. The quantitative estimate of drug-likeness (QED) is 0.442. The molecular formula is C22H23NO7. The lowest BCUT2D eigenvalue weighted by Crippen LogP contribution is -2.25. The van der Waals surface area contributed by atoms with Crippen molar-refractivity contribution in [1.29, 1.82) is 0 Å². The molecule has 8 nitrogen and oxygen atoms in total. The molecule has 1 aliphatic rings. The number of methoxy groups -OCH3 is 4. The Morgan fingerprint density at radius 3 is 2.10 bits per heavy atom. The molecule has 2 aromatic rings. The summed E-state index contributed by atoms with van der Waals surface area (Å²) in [5.41, 5.74) is 0.771. The van der Waals surface area contributed by atoms with Gasteiger partial charge in [0.2, 0.25) is 0 Å². The summed E-state index contributed by atoms with van der Waals surface area (Å²) >= 11 is 0. The fourth-order valence-corrected chi connectivity index (χ4v) is 3.50. The zero-order chi connectivity index (χ0) is 22.0. The average molecular weight is 413 g/mol. The van der Waals surface area contributed by atoms with Crippen LogP contribution in [0.25, 0.3) is 5.76 Å². The lowest BCUT2D eigenvalue weighted by atomic mass is 9.94. The number of nitrogens with zero attached hydrogens (tertiary/aromatic N) is 1. The maximum atomic E-state index is 12.8. The number of aliphatic hydroxyl groups is 1. The molecule has 1 heterocycles. The second-order valence-electron chi connectivity index (χ2n) is 6.59. The second-order valence-corrected chi connectivity index (χ2v) is 6.59. The molecule has 3 rings (SSSR count). The first-order valence-corrected chi connectivity index (χ1v) is 9.06. The SMILES string of the molecule is COc1ccc(OC)c(C2/C(=C(/O)c3ccc(OC)c(OC)c3)C(=O)C(=O)N2C)c1. The summed E-state index contributed by atoms with van der Waals surface area (Å²) in [6.45, 7) is 0. The number of ether oxygens (including phenoxy) is 4. The summed E-state index contributed by atoms with van der Waals surface area (Å²) < 4.78 is 21.2. The first-order chi connectivity index (χ1) is 14.4. The summed E-state index contributed by atoms with van der Waals surface area (Å²) in [6.07, 6.45) is 0. The van der Waals surface area contributed by atoms with Gasteiger partial charge in [0.15, 0.2) is 11.5 Å². The number of ketones is 1. The Morgan fingerprint density at radius 2 is 1.50 bits per heavy atom. The molecule has 0 spiro atoms. The minimum Gasteiger partial charge on any atom is -0.507 e. The van der Waals surface area contributed by atoms with Crippen LogP contribution in [0, 0.1) is 0 Å². The molecule has 1 atom stereocenters. The van der Waals surface area contributed by atoms with Gasteiger partial charge in [0.1, 0.15) is 17.3 Å². The summed E-state index contributed by atoms with van der Waals surface area (Å²) in [5.74, 6) is -0.0254. The van der Waals surface area contributed by atoms with E-state index in [-0.39, 0.29) is 11.3 Å². The lowest BCUT2D eigenvalue weighted by Gasteiger charge is -2.23. The third-order valence-corrected chi connectivity index (χ3v) is 5.06. The molecule has 0 aliphatic carbocycles. The molecule has 8 heteroatoms. The molecule has 158 valence electrons. The predicted octanol–water partition coefficient (Wildman–Crippen LogP) is 2.77. The van der Waals surface area contributed by atoms with Gasteiger partial charge in [-0.3, -0.25) is 9.59 Å². The van der Waals surface area contributed by atoms with Gasteiger partial charge in [-0.15, -0.1) is 0 Å². The molecule has 0 bridgehead atoms. The van der Waals surface area contributed by atoms with Gasteiger partial charge in [-0.25, -0.2) is 0 Å². The molecule has 1 amide bonds. The Labute approximate surface area is 174 Å². The van der Waals surface area contributed by atoms with E-state index in [1.54, 1.807) is 30.3 Å². The molecule has 1 unspecified atom stereocenters. The Balaban J connectivity index is 2.23. The highest BCUT2D eigenvalue weighted by Gasteiger charge is 2.45. The van der Waals surface area contributed by atoms with Crippen molar-refractivity contribution in [3.05, 3.63) is 53.1 Å². The number of Topliss-reactive ketones (excluding diaryl/α,β-unsaturated/α-hetero) is 1. The molecule has 30 heavy (non-hydrogen) atoms. The number of rotatable bonds is 6. The van der Waals surface area contributed by atoms with Crippen LogP contribution in [0.1, 0.15) is 17.2 Å². The lowest BCUT2D eigenvalue weighted by molar-refractivity contribution is -0.139. The first kappa shape index (κ1) is 21.0. The van der Waals surface area contributed by atoms with Crippen molar-refractivity contribution < 1.29 is 33.6 Å². The van der Waals surface area contributed by atoms with Gasteiger partial charge in [0, 0.05) is 18.2 Å². The van der Waals surface area contributed by atoms with E-state index in [1.807, 2.05) is 0 Å². The van der Waals surface area contributed by atoms with Crippen LogP contribution in [0.2, 0.25) is 0 Å². The van der Waals surface area contributed by atoms with E-state index < -0.39 is 17.7 Å². The van der Waals surface area contributed by atoms with Crippen LogP contribution in [0.5, 0.6) is 23.0 Å². The minimum absolute atomic E-state index is 0.0544. The summed E-state index contributed by atoms with van der Waals surface area (Å²) in [7, 11) is 7.46. The van der Waals surface area contributed by atoms with E-state index in [4.69, 9.17) is 18.9 Å². The summed E-state index contributed by atoms with van der Waals surface area (Å²) in [5, 5.41) is 11.0. The number of hydrogen-bond donors (Lipinski definition) is 1. The number of benzene rings is 2. The largest absolute Gasteiger partial charge is 0.507 e. The first-order valence-electron chi connectivity index (χ1n) is 9.06. The molecule has 1 aliphatic heterocycles. The van der Waals surface area contributed by atoms with Crippen molar-refractivity contribution in [1.82, 2.24) is 4.90 Å². The maximum Gasteiger partial charge on any atom is 0.295 e. The fourth-order valence-electron chi connectivity index (χ4n) is 3.50. The maximum absolute atomic E-state index is 12.8. The third-order valence-electron chi connectivity index (χ3n) is 5.06. The highest BCUT2D eigenvalue weighted by molar-refractivity contribution is 6.46. The normalized spacial score (nSPS) is 17.8. The van der Waals surface area contributed by atoms with Gasteiger partial charge < -0.3 is 29.0 Å². The number of hydrogen-bond acceptors (Lipinski definition) is 7. The van der Waals surface area contributed by atoms with E-state index in [2.05, 4.69) is 0 Å². The van der Waals surface area contributed by atoms with Crippen molar-refractivity contribution in [2.75, 3.05) is 35.5 Å².